The molecule has 1 N–H and O–H groups in total. The maximum Gasteiger partial charge on any atom is 0.291 e. The number of halogens is 1. The number of para-hydroxylation sites is 1. The predicted molar refractivity (Wildman–Crippen MR) is 129 cm³/mol. The topological polar surface area (TPSA) is 69.3 Å². The van der Waals surface area contributed by atoms with Crippen LogP contribution in [0.5, 0.6) is 5.75 Å². The van der Waals surface area contributed by atoms with Gasteiger partial charge in [0, 0.05) is 5.56 Å². The lowest BCUT2D eigenvalue weighted by molar-refractivity contribution is 0.0992. The fourth-order valence-corrected chi connectivity index (χ4v) is 3.69. The third-order valence-corrected chi connectivity index (χ3v) is 5.49. The zero-order chi connectivity index (χ0) is 24.1. The fraction of sp³-hybridized carbons (Fsp3) is 0.185. The fourth-order valence-electron chi connectivity index (χ4n) is 3.69. The number of carbonyl (C=O) groups excluding carboxylic acids is 1. The van der Waals surface area contributed by atoms with Crippen LogP contribution in [-0.2, 0) is 19.6 Å². The van der Waals surface area contributed by atoms with E-state index in [-0.39, 0.29) is 24.7 Å². The van der Waals surface area contributed by atoms with Gasteiger partial charge in [0.25, 0.3) is 5.91 Å². The Morgan fingerprint density at radius 2 is 1.85 bits per heavy atom. The molecule has 0 aliphatic carbocycles. The van der Waals surface area contributed by atoms with E-state index in [2.05, 4.69) is 17.0 Å². The number of hydrogen-bond acceptors (Lipinski definition) is 4. The van der Waals surface area contributed by atoms with Crippen molar-refractivity contribution in [2.24, 2.45) is 0 Å². The molecule has 2 aromatic heterocycles. The van der Waals surface area contributed by atoms with Crippen molar-refractivity contribution in [1.82, 2.24) is 9.78 Å². The standard InChI is InChI=1S/C27H26FN3O3/c1-4-9-20-10-6-8-13-24(20)33-17-22-14-15-25(34-22)27(32)29-26-18(2)30-31(19(26)3)16-21-11-5-7-12-23(21)28/h4-8,10-15H,1,9,16-17H2,2-3H3,(H,29,32). The highest BCUT2D eigenvalue weighted by molar-refractivity contribution is 6.02. The number of nitrogens with one attached hydrogen (secondary N) is 1. The van der Waals surface area contributed by atoms with E-state index >= 15 is 0 Å². The minimum Gasteiger partial charge on any atom is -0.485 e. The summed E-state index contributed by atoms with van der Waals surface area (Å²) < 4.78 is 27.3. The van der Waals surface area contributed by atoms with Crippen LogP contribution in [0.2, 0.25) is 0 Å². The first-order chi connectivity index (χ1) is 16.5. The average Bonchev–Trinajstić information content (AvgIpc) is 3.41. The maximum absolute atomic E-state index is 14.0. The Bertz CT molecular complexity index is 1320. The summed E-state index contributed by atoms with van der Waals surface area (Å²) in [6, 6.07) is 17.6. The molecule has 0 aliphatic heterocycles. The summed E-state index contributed by atoms with van der Waals surface area (Å²) in [7, 11) is 0. The molecule has 1 amide bonds. The molecule has 0 unspecified atom stereocenters. The number of furan rings is 1. The van der Waals surface area contributed by atoms with Crippen LogP contribution in [0.3, 0.4) is 0 Å². The van der Waals surface area contributed by atoms with Gasteiger partial charge in [-0.2, -0.15) is 5.10 Å². The zero-order valence-electron chi connectivity index (χ0n) is 19.2. The van der Waals surface area contributed by atoms with Gasteiger partial charge < -0.3 is 14.5 Å². The highest BCUT2D eigenvalue weighted by atomic mass is 19.1. The first-order valence-electron chi connectivity index (χ1n) is 11.0. The van der Waals surface area contributed by atoms with Gasteiger partial charge in [-0.25, -0.2) is 4.39 Å². The first-order valence-corrected chi connectivity index (χ1v) is 11.0. The third-order valence-electron chi connectivity index (χ3n) is 5.49. The smallest absolute Gasteiger partial charge is 0.291 e. The van der Waals surface area contributed by atoms with Crippen LogP contribution in [0.25, 0.3) is 0 Å². The monoisotopic (exact) mass is 459 g/mol. The van der Waals surface area contributed by atoms with Crippen LogP contribution in [0, 0.1) is 19.7 Å². The Morgan fingerprint density at radius 1 is 1.12 bits per heavy atom. The highest BCUT2D eigenvalue weighted by Gasteiger charge is 2.18. The molecule has 34 heavy (non-hydrogen) atoms. The van der Waals surface area contributed by atoms with Gasteiger partial charge in [0.05, 0.1) is 23.6 Å². The summed E-state index contributed by atoms with van der Waals surface area (Å²) in [5.41, 5.74) is 3.49. The van der Waals surface area contributed by atoms with Gasteiger partial charge in [-0.3, -0.25) is 9.48 Å². The van der Waals surface area contributed by atoms with Gasteiger partial charge in [0.1, 0.15) is 23.9 Å². The second kappa shape index (κ2) is 10.2. The number of ether oxygens (including phenoxy) is 1. The Hall–Kier alpha value is -4.13. The van der Waals surface area contributed by atoms with Crippen molar-refractivity contribution in [1.29, 1.82) is 0 Å². The van der Waals surface area contributed by atoms with Crippen LogP contribution < -0.4 is 10.1 Å². The minimum atomic E-state index is -0.394. The number of hydrogen-bond donors (Lipinski definition) is 1. The largest absolute Gasteiger partial charge is 0.485 e. The van der Waals surface area contributed by atoms with Crippen LogP contribution in [-0.4, -0.2) is 15.7 Å². The van der Waals surface area contributed by atoms with E-state index in [9.17, 15) is 9.18 Å². The second-order valence-corrected chi connectivity index (χ2v) is 7.90. The van der Waals surface area contributed by atoms with Crippen LogP contribution in [0.15, 0.2) is 77.7 Å². The lowest BCUT2D eigenvalue weighted by Gasteiger charge is -2.09. The molecule has 4 rings (SSSR count). The lowest BCUT2D eigenvalue weighted by Crippen LogP contribution is -2.12. The molecule has 0 aliphatic rings. The van der Waals surface area contributed by atoms with Gasteiger partial charge in [-0.05, 0) is 50.1 Å². The molecule has 0 bridgehead atoms. The van der Waals surface area contributed by atoms with E-state index in [0.29, 0.717) is 29.1 Å². The number of amides is 1. The summed E-state index contributed by atoms with van der Waals surface area (Å²) in [6.07, 6.45) is 2.52. The van der Waals surface area contributed by atoms with E-state index in [0.717, 1.165) is 17.0 Å². The van der Waals surface area contributed by atoms with Crippen molar-refractivity contribution in [3.05, 3.63) is 113 Å². The normalized spacial score (nSPS) is 10.8. The number of carbonyl (C=O) groups is 1. The Balaban J connectivity index is 1.43. The van der Waals surface area contributed by atoms with E-state index in [4.69, 9.17) is 9.15 Å². The van der Waals surface area contributed by atoms with Gasteiger partial charge >= 0.3 is 0 Å². The molecule has 0 fully saturated rings. The molecule has 0 radical (unpaired) electrons. The summed E-state index contributed by atoms with van der Waals surface area (Å²) in [5, 5.41) is 7.33. The van der Waals surface area contributed by atoms with Gasteiger partial charge in [0.2, 0.25) is 0 Å². The maximum atomic E-state index is 14.0. The SMILES string of the molecule is C=CCc1ccccc1OCc1ccc(C(=O)Nc2c(C)nn(Cc3ccccc3F)c2C)o1. The van der Waals surface area contributed by atoms with Gasteiger partial charge in [-0.15, -0.1) is 6.58 Å². The van der Waals surface area contributed by atoms with E-state index in [1.54, 1.807) is 41.9 Å². The van der Waals surface area contributed by atoms with Crippen molar-refractivity contribution >= 4 is 11.6 Å². The van der Waals surface area contributed by atoms with Gasteiger partial charge in [-0.1, -0.05) is 42.5 Å². The van der Waals surface area contributed by atoms with E-state index in [1.807, 2.05) is 37.3 Å². The third kappa shape index (κ3) is 5.09. The van der Waals surface area contributed by atoms with E-state index in [1.165, 1.54) is 6.07 Å². The predicted octanol–water partition coefficient (Wildman–Crippen LogP) is 5.84. The highest BCUT2D eigenvalue weighted by Crippen LogP contribution is 2.23. The molecule has 0 spiro atoms. The molecule has 7 heteroatoms. The van der Waals surface area contributed by atoms with Crippen molar-refractivity contribution in [3.63, 3.8) is 0 Å². The van der Waals surface area contributed by atoms with Gasteiger partial charge in [0.15, 0.2) is 5.76 Å². The molecule has 4 aromatic rings. The molecule has 174 valence electrons. The molecule has 0 saturated carbocycles. The molecular weight excluding hydrogens is 433 g/mol. The van der Waals surface area contributed by atoms with Crippen molar-refractivity contribution in [2.45, 2.75) is 33.4 Å². The molecular formula is C27H26FN3O3. The van der Waals surface area contributed by atoms with Crippen LogP contribution in [0.1, 0.15) is 38.8 Å². The Kier molecular flexibility index (Phi) is 6.92. The summed E-state index contributed by atoms with van der Waals surface area (Å²) in [4.78, 5) is 12.8. The quantitative estimate of drug-likeness (QED) is 0.319. The number of aryl methyl sites for hydroxylation is 1. The number of rotatable bonds is 9. The molecule has 0 atom stereocenters. The number of nitrogens with zero attached hydrogens (tertiary/aromatic N) is 2. The Labute approximate surface area is 197 Å². The number of benzene rings is 2. The number of anilines is 1. The minimum absolute atomic E-state index is 0.165. The lowest BCUT2D eigenvalue weighted by atomic mass is 10.1. The number of aromatic nitrogens is 2. The molecule has 0 saturated heterocycles. The summed E-state index contributed by atoms with van der Waals surface area (Å²) >= 11 is 0. The van der Waals surface area contributed by atoms with Crippen molar-refractivity contribution in [2.75, 3.05) is 5.32 Å². The summed E-state index contributed by atoms with van der Waals surface area (Å²) in [5.74, 6) is 0.757. The Morgan fingerprint density at radius 3 is 2.62 bits per heavy atom. The second-order valence-electron chi connectivity index (χ2n) is 7.90. The van der Waals surface area contributed by atoms with Crippen molar-refractivity contribution in [3.8, 4) is 5.75 Å². The first kappa shape index (κ1) is 23.0. The molecule has 6 nitrogen and oxygen atoms in total. The van der Waals surface area contributed by atoms with Crippen LogP contribution in [0.4, 0.5) is 10.1 Å². The zero-order valence-corrected chi connectivity index (χ0v) is 19.2. The van der Waals surface area contributed by atoms with E-state index < -0.39 is 5.91 Å². The molecule has 2 heterocycles. The van der Waals surface area contributed by atoms with Crippen molar-refractivity contribution < 1.29 is 18.3 Å². The van der Waals surface area contributed by atoms with Crippen LogP contribution >= 0.6 is 0 Å². The summed E-state index contributed by atoms with van der Waals surface area (Å²) in [6.45, 7) is 7.86. The number of allylic oxidation sites excluding steroid dienone is 1. The molecule has 2 aromatic carbocycles. The average molecular weight is 460 g/mol.